The van der Waals surface area contributed by atoms with Crippen LogP contribution in [0.4, 0.5) is 0 Å². The first-order valence-electron chi connectivity index (χ1n) is 5.75. The fourth-order valence-corrected chi connectivity index (χ4v) is 1.90. The minimum atomic E-state index is 0.288. The van der Waals surface area contributed by atoms with Crippen LogP contribution in [-0.4, -0.2) is 6.79 Å². The van der Waals surface area contributed by atoms with Gasteiger partial charge in [0, 0.05) is 5.70 Å². The van der Waals surface area contributed by atoms with Gasteiger partial charge in [0.15, 0.2) is 11.5 Å². The van der Waals surface area contributed by atoms with Crippen LogP contribution in [0.25, 0.3) is 11.8 Å². The molecule has 0 spiro atoms. The Bertz CT molecular complexity index is 591. The lowest BCUT2D eigenvalue weighted by Gasteiger charge is -2.02. The minimum absolute atomic E-state index is 0.288. The Morgan fingerprint density at radius 2 is 1.78 bits per heavy atom. The van der Waals surface area contributed by atoms with Gasteiger partial charge in [-0.25, -0.2) is 0 Å². The summed E-state index contributed by atoms with van der Waals surface area (Å²) in [5.74, 6) is 1.55. The maximum atomic E-state index is 6.06. The highest BCUT2D eigenvalue weighted by Crippen LogP contribution is 2.33. The third kappa shape index (κ3) is 2.02. The van der Waals surface area contributed by atoms with Crippen molar-refractivity contribution in [3.63, 3.8) is 0 Å². The number of rotatable bonds is 2. The van der Waals surface area contributed by atoms with Gasteiger partial charge in [-0.15, -0.1) is 0 Å². The van der Waals surface area contributed by atoms with Crippen LogP contribution in [-0.2, 0) is 0 Å². The van der Waals surface area contributed by atoms with Crippen LogP contribution in [0.2, 0.25) is 0 Å². The van der Waals surface area contributed by atoms with E-state index < -0.39 is 0 Å². The summed E-state index contributed by atoms with van der Waals surface area (Å²) < 4.78 is 10.6. The van der Waals surface area contributed by atoms with Crippen LogP contribution in [0.5, 0.6) is 11.5 Å². The molecule has 2 N–H and O–H groups in total. The van der Waals surface area contributed by atoms with E-state index in [2.05, 4.69) is 0 Å². The van der Waals surface area contributed by atoms with Crippen LogP contribution in [0, 0.1) is 0 Å². The zero-order chi connectivity index (χ0) is 12.4. The lowest BCUT2D eigenvalue weighted by Crippen LogP contribution is -1.95. The van der Waals surface area contributed by atoms with Gasteiger partial charge in [0.1, 0.15) is 0 Å². The molecule has 0 aromatic heterocycles. The molecule has 1 heterocycles. The molecule has 0 saturated heterocycles. The molecule has 0 radical (unpaired) electrons. The normalized spacial score (nSPS) is 13.7. The Balaban J connectivity index is 1.92. The van der Waals surface area contributed by atoms with E-state index in [1.807, 2.05) is 54.6 Å². The monoisotopic (exact) mass is 239 g/mol. The van der Waals surface area contributed by atoms with E-state index in [0.717, 1.165) is 28.3 Å². The van der Waals surface area contributed by atoms with Gasteiger partial charge in [-0.05, 0) is 29.3 Å². The van der Waals surface area contributed by atoms with Crippen molar-refractivity contribution in [1.29, 1.82) is 0 Å². The SMILES string of the molecule is N/C(=C/c1ccc2c(c1)OCO2)c1ccccc1. The van der Waals surface area contributed by atoms with Crippen molar-refractivity contribution < 1.29 is 9.47 Å². The summed E-state index contributed by atoms with van der Waals surface area (Å²) in [6.45, 7) is 0.288. The largest absolute Gasteiger partial charge is 0.454 e. The van der Waals surface area contributed by atoms with E-state index in [-0.39, 0.29) is 6.79 Å². The Morgan fingerprint density at radius 3 is 2.61 bits per heavy atom. The highest BCUT2D eigenvalue weighted by molar-refractivity contribution is 5.79. The zero-order valence-electron chi connectivity index (χ0n) is 9.80. The number of fused-ring (bicyclic) bond motifs is 1. The average Bonchev–Trinajstić information content (AvgIpc) is 2.87. The predicted octanol–water partition coefficient (Wildman–Crippen LogP) is 2.87. The molecule has 0 unspecified atom stereocenters. The van der Waals surface area contributed by atoms with E-state index >= 15 is 0 Å². The fourth-order valence-electron chi connectivity index (χ4n) is 1.90. The van der Waals surface area contributed by atoms with Gasteiger partial charge in [-0.3, -0.25) is 0 Å². The second kappa shape index (κ2) is 4.45. The Morgan fingerprint density at radius 1 is 1.00 bits per heavy atom. The van der Waals surface area contributed by atoms with Gasteiger partial charge in [-0.2, -0.15) is 0 Å². The van der Waals surface area contributed by atoms with Crippen molar-refractivity contribution in [1.82, 2.24) is 0 Å². The van der Waals surface area contributed by atoms with Crippen LogP contribution < -0.4 is 15.2 Å². The second-order valence-electron chi connectivity index (χ2n) is 4.08. The van der Waals surface area contributed by atoms with Crippen molar-refractivity contribution in [3.05, 3.63) is 59.7 Å². The Kier molecular flexibility index (Phi) is 2.65. The molecular weight excluding hydrogens is 226 g/mol. The van der Waals surface area contributed by atoms with Crippen LogP contribution in [0.1, 0.15) is 11.1 Å². The van der Waals surface area contributed by atoms with Gasteiger partial charge in [0.05, 0.1) is 0 Å². The van der Waals surface area contributed by atoms with Gasteiger partial charge < -0.3 is 15.2 Å². The quantitative estimate of drug-likeness (QED) is 0.819. The summed E-state index contributed by atoms with van der Waals surface area (Å²) in [5.41, 5.74) is 8.80. The fraction of sp³-hybridized carbons (Fsp3) is 0.0667. The van der Waals surface area contributed by atoms with Crippen molar-refractivity contribution in [2.45, 2.75) is 0 Å². The molecule has 2 aromatic rings. The molecule has 0 fully saturated rings. The Hall–Kier alpha value is -2.42. The van der Waals surface area contributed by atoms with Gasteiger partial charge in [-0.1, -0.05) is 36.4 Å². The first-order valence-corrected chi connectivity index (χ1v) is 5.75. The van der Waals surface area contributed by atoms with Gasteiger partial charge >= 0.3 is 0 Å². The topological polar surface area (TPSA) is 44.5 Å². The third-order valence-corrected chi connectivity index (χ3v) is 2.83. The summed E-state index contributed by atoms with van der Waals surface area (Å²) in [5, 5.41) is 0. The third-order valence-electron chi connectivity index (χ3n) is 2.83. The molecule has 3 rings (SSSR count). The lowest BCUT2D eigenvalue weighted by molar-refractivity contribution is 0.174. The summed E-state index contributed by atoms with van der Waals surface area (Å²) in [6, 6.07) is 15.7. The standard InChI is InChI=1S/C15H13NO2/c16-13(12-4-2-1-3-5-12)8-11-6-7-14-15(9-11)18-10-17-14/h1-9H,10,16H2/b13-8+. The molecule has 1 aliphatic rings. The number of hydrogen-bond acceptors (Lipinski definition) is 3. The number of nitrogens with two attached hydrogens (primary N) is 1. The van der Waals surface area contributed by atoms with Crippen molar-refractivity contribution >= 4 is 11.8 Å². The predicted molar refractivity (Wildman–Crippen MR) is 71.1 cm³/mol. The molecule has 90 valence electrons. The first-order chi connectivity index (χ1) is 8.83. The minimum Gasteiger partial charge on any atom is -0.454 e. The molecule has 2 aromatic carbocycles. The van der Waals surface area contributed by atoms with E-state index in [9.17, 15) is 0 Å². The summed E-state index contributed by atoms with van der Waals surface area (Å²) in [6.07, 6.45) is 1.93. The van der Waals surface area contributed by atoms with Gasteiger partial charge in [0.25, 0.3) is 0 Å². The number of hydrogen-bond donors (Lipinski definition) is 1. The van der Waals surface area contributed by atoms with Gasteiger partial charge in [0.2, 0.25) is 6.79 Å². The molecule has 3 nitrogen and oxygen atoms in total. The molecule has 0 saturated carbocycles. The van der Waals surface area contributed by atoms with E-state index in [4.69, 9.17) is 15.2 Å². The number of benzene rings is 2. The zero-order valence-corrected chi connectivity index (χ0v) is 9.80. The molecule has 0 atom stereocenters. The van der Waals surface area contributed by atoms with E-state index in [0.29, 0.717) is 0 Å². The highest BCUT2D eigenvalue weighted by Gasteiger charge is 2.12. The number of ether oxygens (including phenoxy) is 2. The molecule has 1 aliphatic heterocycles. The molecule has 3 heteroatoms. The molecule has 0 aliphatic carbocycles. The molecule has 0 bridgehead atoms. The average molecular weight is 239 g/mol. The van der Waals surface area contributed by atoms with E-state index in [1.54, 1.807) is 0 Å². The lowest BCUT2D eigenvalue weighted by atomic mass is 10.1. The Labute approximate surface area is 105 Å². The highest BCUT2D eigenvalue weighted by atomic mass is 16.7. The second-order valence-corrected chi connectivity index (χ2v) is 4.08. The first kappa shape index (κ1) is 10.7. The summed E-state index contributed by atoms with van der Waals surface area (Å²) in [7, 11) is 0. The van der Waals surface area contributed by atoms with E-state index in [1.165, 1.54) is 0 Å². The van der Waals surface area contributed by atoms with Crippen LogP contribution >= 0.6 is 0 Å². The molecule has 0 amide bonds. The maximum absolute atomic E-state index is 6.06. The van der Waals surface area contributed by atoms with Crippen molar-refractivity contribution in [2.75, 3.05) is 6.79 Å². The summed E-state index contributed by atoms with van der Waals surface area (Å²) in [4.78, 5) is 0. The molecular formula is C15H13NO2. The van der Waals surface area contributed by atoms with Crippen LogP contribution in [0.3, 0.4) is 0 Å². The van der Waals surface area contributed by atoms with Crippen LogP contribution in [0.15, 0.2) is 48.5 Å². The van der Waals surface area contributed by atoms with Crippen molar-refractivity contribution in [2.24, 2.45) is 5.73 Å². The summed E-state index contributed by atoms with van der Waals surface area (Å²) >= 11 is 0. The smallest absolute Gasteiger partial charge is 0.231 e. The molecule has 18 heavy (non-hydrogen) atoms. The maximum Gasteiger partial charge on any atom is 0.231 e. The van der Waals surface area contributed by atoms with Crippen molar-refractivity contribution in [3.8, 4) is 11.5 Å².